The van der Waals surface area contributed by atoms with E-state index >= 15 is 0 Å². The highest BCUT2D eigenvalue weighted by atomic mass is 16.7. The molecule has 0 aromatic heterocycles. The number of ether oxygens (including phenoxy) is 2. The average Bonchev–Trinajstić information content (AvgIpc) is 2.81. The van der Waals surface area contributed by atoms with Crippen LogP contribution in [-0.4, -0.2) is 30.5 Å². The third-order valence-corrected chi connectivity index (χ3v) is 3.11. The number of anilines is 1. The third kappa shape index (κ3) is 2.73. The first kappa shape index (κ1) is 13.5. The zero-order valence-corrected chi connectivity index (χ0v) is 11.0. The van der Waals surface area contributed by atoms with Gasteiger partial charge in [-0.05, 0) is 12.0 Å². The fraction of sp³-hybridized carbons (Fsp3) is 0.462. The van der Waals surface area contributed by atoms with Crippen LogP contribution >= 0.6 is 0 Å². The average molecular weight is 266 g/mol. The number of rotatable bonds is 4. The van der Waals surface area contributed by atoms with Crippen molar-refractivity contribution < 1.29 is 19.4 Å². The molecule has 6 nitrogen and oxygen atoms in total. The molecule has 0 fully saturated rings. The van der Waals surface area contributed by atoms with Gasteiger partial charge in [-0.25, -0.2) is 0 Å². The van der Waals surface area contributed by atoms with Gasteiger partial charge in [-0.1, -0.05) is 13.8 Å². The lowest BCUT2D eigenvalue weighted by Crippen LogP contribution is -2.41. The molecule has 0 unspecified atom stereocenters. The normalized spacial score (nSPS) is 14.5. The lowest BCUT2D eigenvalue weighted by atomic mass is 10.0. The van der Waals surface area contributed by atoms with E-state index in [9.17, 15) is 9.90 Å². The summed E-state index contributed by atoms with van der Waals surface area (Å²) in [6, 6.07) is 2.82. The molecular formula is C13H18N2O4. The Morgan fingerprint density at radius 1 is 1.42 bits per heavy atom. The highest BCUT2D eigenvalue weighted by molar-refractivity contribution is 6.00. The first-order valence-electron chi connectivity index (χ1n) is 6.13. The van der Waals surface area contributed by atoms with E-state index in [0.29, 0.717) is 22.7 Å². The second-order valence-corrected chi connectivity index (χ2v) is 4.80. The van der Waals surface area contributed by atoms with Gasteiger partial charge in [0.1, 0.15) is 0 Å². The summed E-state index contributed by atoms with van der Waals surface area (Å²) in [5.74, 6) is 0.841. The number of nitrogens with one attached hydrogen (secondary N) is 1. The van der Waals surface area contributed by atoms with Crippen molar-refractivity contribution >= 4 is 11.6 Å². The summed E-state index contributed by atoms with van der Waals surface area (Å²) in [7, 11) is 0. The number of carbonyl (C=O) groups is 1. The Balaban J connectivity index is 2.20. The maximum Gasteiger partial charge on any atom is 0.253 e. The van der Waals surface area contributed by atoms with Crippen molar-refractivity contribution in [3.63, 3.8) is 0 Å². The van der Waals surface area contributed by atoms with Crippen LogP contribution in [0.25, 0.3) is 0 Å². The molecular weight excluding hydrogens is 248 g/mol. The number of carbonyl (C=O) groups excluding carboxylic acids is 1. The number of benzene rings is 1. The van der Waals surface area contributed by atoms with Crippen molar-refractivity contribution in [1.29, 1.82) is 0 Å². The molecule has 4 N–H and O–H groups in total. The second kappa shape index (κ2) is 5.36. The van der Waals surface area contributed by atoms with Gasteiger partial charge in [-0.2, -0.15) is 0 Å². The molecule has 1 atom stereocenters. The van der Waals surface area contributed by atoms with Crippen LogP contribution in [0, 0.1) is 5.92 Å². The van der Waals surface area contributed by atoms with Gasteiger partial charge in [-0.3, -0.25) is 4.79 Å². The molecule has 0 saturated heterocycles. The number of amides is 1. The molecule has 0 aliphatic carbocycles. The molecule has 1 heterocycles. The van der Waals surface area contributed by atoms with Gasteiger partial charge in [0.15, 0.2) is 11.5 Å². The topological polar surface area (TPSA) is 93.8 Å². The lowest BCUT2D eigenvalue weighted by molar-refractivity contribution is 0.0897. The van der Waals surface area contributed by atoms with Crippen molar-refractivity contribution in [3.8, 4) is 11.5 Å². The number of aliphatic hydroxyl groups excluding tert-OH is 1. The Kier molecular flexibility index (Phi) is 3.80. The van der Waals surface area contributed by atoms with Gasteiger partial charge < -0.3 is 25.6 Å². The van der Waals surface area contributed by atoms with E-state index in [0.717, 1.165) is 0 Å². The summed E-state index contributed by atoms with van der Waals surface area (Å²) in [6.07, 6.45) is 0. The predicted molar refractivity (Wildman–Crippen MR) is 70.2 cm³/mol. The molecule has 1 aliphatic heterocycles. The number of hydrogen-bond donors (Lipinski definition) is 3. The number of nitrogen functional groups attached to an aromatic ring is 1. The van der Waals surface area contributed by atoms with E-state index in [-0.39, 0.29) is 31.3 Å². The molecule has 104 valence electrons. The van der Waals surface area contributed by atoms with Gasteiger partial charge in [-0.15, -0.1) is 0 Å². The first-order chi connectivity index (χ1) is 9.02. The minimum atomic E-state index is -0.330. The van der Waals surface area contributed by atoms with E-state index in [1.165, 1.54) is 0 Å². The van der Waals surface area contributed by atoms with Crippen molar-refractivity contribution in [2.75, 3.05) is 19.1 Å². The number of aliphatic hydroxyl groups is 1. The van der Waals surface area contributed by atoms with E-state index in [2.05, 4.69) is 5.32 Å². The van der Waals surface area contributed by atoms with Crippen molar-refractivity contribution in [2.45, 2.75) is 19.9 Å². The molecule has 1 amide bonds. The number of fused-ring (bicyclic) bond motifs is 1. The summed E-state index contributed by atoms with van der Waals surface area (Å²) >= 11 is 0. The van der Waals surface area contributed by atoms with Crippen LogP contribution in [-0.2, 0) is 0 Å². The SMILES string of the molecule is CC(C)[C@@H](CO)NC(=O)c1cc2c(cc1N)OCO2. The second-order valence-electron chi connectivity index (χ2n) is 4.80. The maximum atomic E-state index is 12.1. The van der Waals surface area contributed by atoms with Gasteiger partial charge in [0, 0.05) is 11.8 Å². The van der Waals surface area contributed by atoms with Crippen LogP contribution in [0.5, 0.6) is 11.5 Å². The lowest BCUT2D eigenvalue weighted by Gasteiger charge is -2.20. The molecule has 2 rings (SSSR count). The molecule has 0 radical (unpaired) electrons. The standard InChI is InChI=1S/C13H18N2O4/c1-7(2)10(5-16)15-13(17)8-3-11-12(4-9(8)14)19-6-18-11/h3-4,7,10,16H,5-6,14H2,1-2H3,(H,15,17)/t10-/m1/s1. The molecule has 0 spiro atoms. The molecule has 1 aromatic rings. The fourth-order valence-corrected chi connectivity index (χ4v) is 1.82. The van der Waals surface area contributed by atoms with Crippen LogP contribution in [0.2, 0.25) is 0 Å². The zero-order chi connectivity index (χ0) is 14.0. The Morgan fingerprint density at radius 2 is 2.05 bits per heavy atom. The van der Waals surface area contributed by atoms with Crippen molar-refractivity contribution in [2.24, 2.45) is 5.92 Å². The Labute approximate surface area is 111 Å². The van der Waals surface area contributed by atoms with E-state index in [1.54, 1.807) is 12.1 Å². The van der Waals surface area contributed by atoms with Crippen LogP contribution in [0.3, 0.4) is 0 Å². The Hall–Kier alpha value is -1.95. The maximum absolute atomic E-state index is 12.1. The summed E-state index contributed by atoms with van der Waals surface area (Å²) in [5.41, 5.74) is 6.47. The van der Waals surface area contributed by atoms with E-state index in [1.807, 2.05) is 13.8 Å². The highest BCUT2D eigenvalue weighted by Gasteiger charge is 2.22. The molecule has 1 aliphatic rings. The minimum Gasteiger partial charge on any atom is -0.454 e. The van der Waals surface area contributed by atoms with E-state index < -0.39 is 0 Å². The monoisotopic (exact) mass is 266 g/mol. The van der Waals surface area contributed by atoms with Crippen LogP contribution < -0.4 is 20.5 Å². The molecule has 1 aromatic carbocycles. The van der Waals surface area contributed by atoms with Gasteiger partial charge in [0.2, 0.25) is 6.79 Å². The number of nitrogens with two attached hydrogens (primary N) is 1. The third-order valence-electron chi connectivity index (χ3n) is 3.11. The highest BCUT2D eigenvalue weighted by Crippen LogP contribution is 2.35. The smallest absolute Gasteiger partial charge is 0.253 e. The predicted octanol–water partition coefficient (Wildman–Crippen LogP) is 0.744. The molecule has 0 saturated carbocycles. The first-order valence-corrected chi connectivity index (χ1v) is 6.13. The van der Waals surface area contributed by atoms with Gasteiger partial charge in [0.25, 0.3) is 5.91 Å². The van der Waals surface area contributed by atoms with Crippen molar-refractivity contribution in [3.05, 3.63) is 17.7 Å². The minimum absolute atomic E-state index is 0.117. The van der Waals surface area contributed by atoms with Crippen LogP contribution in [0.1, 0.15) is 24.2 Å². The van der Waals surface area contributed by atoms with Crippen molar-refractivity contribution in [1.82, 2.24) is 5.32 Å². The quantitative estimate of drug-likeness (QED) is 0.699. The molecule has 0 bridgehead atoms. The Bertz CT molecular complexity index is 488. The summed E-state index contributed by atoms with van der Waals surface area (Å²) in [6.45, 7) is 3.85. The molecule has 6 heteroatoms. The number of hydrogen-bond acceptors (Lipinski definition) is 5. The van der Waals surface area contributed by atoms with E-state index in [4.69, 9.17) is 15.2 Å². The fourth-order valence-electron chi connectivity index (χ4n) is 1.82. The largest absolute Gasteiger partial charge is 0.454 e. The molecule has 19 heavy (non-hydrogen) atoms. The van der Waals surface area contributed by atoms with Crippen LogP contribution in [0.4, 0.5) is 5.69 Å². The zero-order valence-electron chi connectivity index (χ0n) is 11.0. The summed E-state index contributed by atoms with van der Waals surface area (Å²) in [5, 5.41) is 12.0. The van der Waals surface area contributed by atoms with Gasteiger partial charge in [0.05, 0.1) is 18.2 Å². The Morgan fingerprint density at radius 3 is 2.63 bits per heavy atom. The summed E-state index contributed by atoms with van der Waals surface area (Å²) in [4.78, 5) is 12.1. The van der Waals surface area contributed by atoms with Gasteiger partial charge >= 0.3 is 0 Å². The van der Waals surface area contributed by atoms with Crippen LogP contribution in [0.15, 0.2) is 12.1 Å². The summed E-state index contributed by atoms with van der Waals surface area (Å²) < 4.78 is 10.4.